The standard InChI is InChI=1S/C28H26B2N2O5/c31-15-19-1-7-23(8-2-19)35-25-11-5-21-17-33-29(27(21)13-25)37-30-28-14-26(12-6-22(28)18-34-30)36-24-9-3-20(16-32)4-10-24/h1-14H,15-18,31-32H2. The predicted octanol–water partition coefficient (Wildman–Crippen LogP) is 3.36. The van der Waals surface area contributed by atoms with Gasteiger partial charge in [-0.05, 0) is 81.7 Å². The number of fused-ring (bicyclic) bond motifs is 2. The molecule has 2 aliphatic heterocycles. The van der Waals surface area contributed by atoms with Crippen LogP contribution in [0.2, 0.25) is 0 Å². The molecule has 0 saturated carbocycles. The second-order valence-electron chi connectivity index (χ2n) is 9.04. The third-order valence-corrected chi connectivity index (χ3v) is 6.56. The van der Waals surface area contributed by atoms with Crippen LogP contribution in [0, 0.1) is 0 Å². The summed E-state index contributed by atoms with van der Waals surface area (Å²) in [4.78, 5) is 0. The molecule has 0 aliphatic carbocycles. The summed E-state index contributed by atoms with van der Waals surface area (Å²) in [6, 6.07) is 27.3. The summed E-state index contributed by atoms with van der Waals surface area (Å²) in [7, 11) is -1.13. The Balaban J connectivity index is 1.17. The fourth-order valence-electron chi connectivity index (χ4n) is 4.48. The number of rotatable bonds is 8. The van der Waals surface area contributed by atoms with E-state index >= 15 is 0 Å². The number of hydrogen-bond donors (Lipinski definition) is 2. The van der Waals surface area contributed by atoms with Gasteiger partial charge in [0, 0.05) is 13.1 Å². The summed E-state index contributed by atoms with van der Waals surface area (Å²) in [5.74, 6) is 2.91. The molecule has 0 unspecified atom stereocenters. The fourth-order valence-corrected chi connectivity index (χ4v) is 4.48. The van der Waals surface area contributed by atoms with Gasteiger partial charge in [0.1, 0.15) is 23.0 Å². The molecule has 0 radical (unpaired) electrons. The van der Waals surface area contributed by atoms with Crippen molar-refractivity contribution in [2.45, 2.75) is 26.3 Å². The molecule has 37 heavy (non-hydrogen) atoms. The second kappa shape index (κ2) is 10.4. The lowest BCUT2D eigenvalue weighted by Crippen LogP contribution is -2.43. The molecule has 2 heterocycles. The molecule has 0 amide bonds. The van der Waals surface area contributed by atoms with Crippen molar-refractivity contribution in [1.29, 1.82) is 0 Å². The van der Waals surface area contributed by atoms with Crippen molar-refractivity contribution >= 4 is 25.2 Å². The number of hydrogen-bond acceptors (Lipinski definition) is 7. The third kappa shape index (κ3) is 5.13. The monoisotopic (exact) mass is 492 g/mol. The summed E-state index contributed by atoms with van der Waals surface area (Å²) in [5.41, 5.74) is 17.5. The van der Waals surface area contributed by atoms with Gasteiger partial charge >= 0.3 is 14.2 Å². The van der Waals surface area contributed by atoms with E-state index in [1.165, 1.54) is 0 Å². The molecule has 0 bridgehead atoms. The molecule has 2 aliphatic rings. The largest absolute Gasteiger partial charge is 0.481 e. The summed E-state index contributed by atoms with van der Waals surface area (Å²) in [5, 5.41) is 0. The second-order valence-corrected chi connectivity index (χ2v) is 9.04. The maximum atomic E-state index is 6.31. The smallest absolute Gasteiger partial charge is 0.457 e. The average Bonchev–Trinajstić information content (AvgIpc) is 3.53. The van der Waals surface area contributed by atoms with E-state index in [9.17, 15) is 0 Å². The quantitative estimate of drug-likeness (QED) is 0.364. The number of benzene rings is 4. The van der Waals surface area contributed by atoms with Crippen molar-refractivity contribution in [2.75, 3.05) is 0 Å². The van der Waals surface area contributed by atoms with E-state index in [0.717, 1.165) is 44.7 Å². The Labute approximate surface area is 216 Å². The first-order valence-corrected chi connectivity index (χ1v) is 12.3. The van der Waals surface area contributed by atoms with Gasteiger partial charge in [-0.15, -0.1) is 0 Å². The highest BCUT2D eigenvalue weighted by molar-refractivity contribution is 6.75. The van der Waals surface area contributed by atoms with Crippen molar-refractivity contribution in [3.05, 3.63) is 107 Å². The van der Waals surface area contributed by atoms with E-state index in [0.29, 0.717) is 37.8 Å². The Morgan fingerprint density at radius 3 is 1.38 bits per heavy atom. The van der Waals surface area contributed by atoms with Crippen molar-refractivity contribution in [2.24, 2.45) is 11.5 Å². The zero-order valence-corrected chi connectivity index (χ0v) is 20.3. The van der Waals surface area contributed by atoms with Gasteiger partial charge in [0.05, 0.1) is 13.2 Å². The summed E-state index contributed by atoms with van der Waals surface area (Å²) in [6.07, 6.45) is 0. The lowest BCUT2D eigenvalue weighted by atomic mass is 9.71. The molecule has 0 fully saturated rings. The van der Waals surface area contributed by atoms with Crippen LogP contribution < -0.4 is 31.9 Å². The van der Waals surface area contributed by atoms with E-state index in [-0.39, 0.29) is 0 Å². The average molecular weight is 492 g/mol. The van der Waals surface area contributed by atoms with Crippen molar-refractivity contribution < 1.29 is 23.4 Å². The van der Waals surface area contributed by atoms with Crippen LogP contribution in [0.4, 0.5) is 0 Å². The minimum atomic E-state index is -0.567. The zero-order valence-electron chi connectivity index (χ0n) is 20.3. The van der Waals surface area contributed by atoms with Crippen LogP contribution in [0.3, 0.4) is 0 Å². The molecule has 0 spiro atoms. The molecular weight excluding hydrogens is 466 g/mol. The van der Waals surface area contributed by atoms with Crippen LogP contribution in [0.1, 0.15) is 22.3 Å². The lowest BCUT2D eigenvalue weighted by Gasteiger charge is -2.14. The van der Waals surface area contributed by atoms with E-state index in [1.807, 2.05) is 84.9 Å². The van der Waals surface area contributed by atoms with Gasteiger partial charge in [-0.2, -0.15) is 0 Å². The molecule has 0 atom stereocenters. The highest BCUT2D eigenvalue weighted by Crippen LogP contribution is 2.26. The van der Waals surface area contributed by atoms with Crippen molar-refractivity contribution in [3.8, 4) is 23.0 Å². The van der Waals surface area contributed by atoms with E-state index < -0.39 is 14.2 Å². The molecular formula is C28H26B2N2O5. The van der Waals surface area contributed by atoms with Gasteiger partial charge in [0.15, 0.2) is 0 Å². The minimum absolute atomic E-state index is 0.465. The van der Waals surface area contributed by atoms with Gasteiger partial charge in [-0.25, -0.2) is 0 Å². The molecule has 0 saturated heterocycles. The first kappa shape index (κ1) is 23.8. The predicted molar refractivity (Wildman–Crippen MR) is 143 cm³/mol. The summed E-state index contributed by atoms with van der Waals surface area (Å²) >= 11 is 0. The highest BCUT2D eigenvalue weighted by atomic mass is 16.6. The summed E-state index contributed by atoms with van der Waals surface area (Å²) in [6.45, 7) is 1.93. The molecule has 7 nitrogen and oxygen atoms in total. The Bertz CT molecular complexity index is 1290. The van der Waals surface area contributed by atoms with Gasteiger partial charge in [0.2, 0.25) is 0 Å². The third-order valence-electron chi connectivity index (χ3n) is 6.56. The van der Waals surface area contributed by atoms with Crippen LogP contribution in [-0.4, -0.2) is 14.2 Å². The van der Waals surface area contributed by atoms with Crippen LogP contribution in [-0.2, 0) is 40.2 Å². The topological polar surface area (TPSA) is 98.2 Å². The first-order valence-electron chi connectivity index (χ1n) is 12.3. The van der Waals surface area contributed by atoms with Gasteiger partial charge < -0.3 is 34.8 Å². The molecule has 4 aromatic carbocycles. The van der Waals surface area contributed by atoms with Gasteiger partial charge in [-0.3, -0.25) is 0 Å². The Morgan fingerprint density at radius 1 is 0.568 bits per heavy atom. The Morgan fingerprint density at radius 2 is 0.973 bits per heavy atom. The Hall–Kier alpha value is -3.59. The van der Waals surface area contributed by atoms with Crippen molar-refractivity contribution in [3.63, 3.8) is 0 Å². The van der Waals surface area contributed by atoms with E-state index in [4.69, 9.17) is 34.8 Å². The fraction of sp³-hybridized carbons (Fsp3) is 0.143. The molecule has 4 N–H and O–H groups in total. The molecule has 4 aromatic rings. The van der Waals surface area contributed by atoms with E-state index in [2.05, 4.69) is 0 Å². The normalized spacial score (nSPS) is 14.0. The van der Waals surface area contributed by atoms with Crippen LogP contribution in [0.25, 0.3) is 0 Å². The Kier molecular flexibility index (Phi) is 6.70. The van der Waals surface area contributed by atoms with Crippen LogP contribution in [0.5, 0.6) is 23.0 Å². The van der Waals surface area contributed by atoms with Crippen molar-refractivity contribution in [1.82, 2.24) is 0 Å². The minimum Gasteiger partial charge on any atom is -0.457 e. The zero-order chi connectivity index (χ0) is 25.2. The van der Waals surface area contributed by atoms with Crippen LogP contribution >= 0.6 is 0 Å². The van der Waals surface area contributed by atoms with Gasteiger partial charge in [0.25, 0.3) is 0 Å². The number of ether oxygens (including phenoxy) is 2. The maximum Gasteiger partial charge on any atom is 0.481 e. The van der Waals surface area contributed by atoms with Gasteiger partial charge in [-0.1, -0.05) is 36.4 Å². The molecule has 184 valence electrons. The lowest BCUT2D eigenvalue weighted by molar-refractivity contribution is 0.238. The summed E-state index contributed by atoms with van der Waals surface area (Å²) < 4.78 is 30.4. The molecule has 9 heteroatoms. The maximum absolute atomic E-state index is 6.31. The first-order chi connectivity index (χ1) is 18.2. The highest BCUT2D eigenvalue weighted by Gasteiger charge is 2.40. The molecule has 0 aromatic heterocycles. The number of nitrogens with two attached hydrogens (primary N) is 2. The van der Waals surface area contributed by atoms with Crippen LogP contribution in [0.15, 0.2) is 84.9 Å². The molecule has 6 rings (SSSR count). The SMILES string of the molecule is NCc1ccc(Oc2ccc3c(c2)B(OB2OCc4ccc(Oc5ccc(CN)cc5)cc42)OC3)cc1. The van der Waals surface area contributed by atoms with E-state index in [1.54, 1.807) is 0 Å².